The number of hydrogen-bond donors (Lipinski definition) is 0. The van der Waals surface area contributed by atoms with E-state index in [1.54, 1.807) is 14.2 Å². The van der Waals surface area contributed by atoms with E-state index in [1.807, 2.05) is 48.2 Å². The zero-order valence-corrected chi connectivity index (χ0v) is 19.5. The lowest BCUT2D eigenvalue weighted by atomic mass is 10.1. The third-order valence-electron chi connectivity index (χ3n) is 5.55. The maximum absolute atomic E-state index is 13.2. The van der Waals surface area contributed by atoms with Crippen LogP contribution in [0.3, 0.4) is 0 Å². The molecule has 0 bridgehead atoms. The fourth-order valence-electron chi connectivity index (χ4n) is 3.62. The molecule has 3 aromatic rings. The molecular weight excluding hydrogens is 424 g/mol. The van der Waals surface area contributed by atoms with Gasteiger partial charge in [0.15, 0.2) is 5.16 Å². The van der Waals surface area contributed by atoms with Gasteiger partial charge < -0.3 is 18.9 Å². The second-order valence-electron chi connectivity index (χ2n) is 7.82. The van der Waals surface area contributed by atoms with E-state index in [4.69, 9.17) is 9.47 Å². The third-order valence-corrected chi connectivity index (χ3v) is 6.50. The Kier molecular flexibility index (Phi) is 6.99. The summed E-state index contributed by atoms with van der Waals surface area (Å²) in [4.78, 5) is 15.2. The predicted octanol–water partition coefficient (Wildman–Crippen LogP) is 3.94. The summed E-state index contributed by atoms with van der Waals surface area (Å²) in [6.07, 6.45) is 2.07. The van der Waals surface area contributed by atoms with Crippen LogP contribution in [0.5, 0.6) is 11.5 Å². The van der Waals surface area contributed by atoms with Crippen LogP contribution in [0.25, 0.3) is 0 Å². The van der Waals surface area contributed by atoms with Crippen molar-refractivity contribution < 1.29 is 14.3 Å². The standard InChI is InChI=1S/C24H28N4O3S/c1-17-25-26-24(27(17)14-18-7-5-4-6-8-18)32-16-23(29)28(20-9-10-20)15-19-13-21(30-2)11-12-22(19)31-3/h4-8,11-13,20H,9-10,14-16H2,1-3H3. The van der Waals surface area contributed by atoms with Crippen LogP contribution >= 0.6 is 11.8 Å². The number of benzene rings is 2. The van der Waals surface area contributed by atoms with Crippen molar-refractivity contribution in [2.45, 2.75) is 44.1 Å². The number of aromatic nitrogens is 3. The molecule has 32 heavy (non-hydrogen) atoms. The van der Waals surface area contributed by atoms with Crippen molar-refractivity contribution >= 4 is 17.7 Å². The first-order valence-electron chi connectivity index (χ1n) is 10.7. The third kappa shape index (κ3) is 5.24. The van der Waals surface area contributed by atoms with Crippen molar-refractivity contribution in [1.29, 1.82) is 0 Å². The van der Waals surface area contributed by atoms with Gasteiger partial charge in [0, 0.05) is 18.2 Å². The van der Waals surface area contributed by atoms with Crippen LogP contribution in [0.15, 0.2) is 53.7 Å². The number of carbonyl (C=O) groups excluding carboxylic acids is 1. The van der Waals surface area contributed by atoms with Gasteiger partial charge in [-0.1, -0.05) is 42.1 Å². The normalized spacial score (nSPS) is 13.1. The van der Waals surface area contributed by atoms with Crippen molar-refractivity contribution in [3.8, 4) is 11.5 Å². The number of amides is 1. The topological polar surface area (TPSA) is 69.5 Å². The molecule has 0 atom stereocenters. The van der Waals surface area contributed by atoms with E-state index in [1.165, 1.54) is 17.3 Å². The van der Waals surface area contributed by atoms with Crippen LogP contribution in [0.2, 0.25) is 0 Å². The molecule has 1 amide bonds. The number of nitrogens with zero attached hydrogens (tertiary/aromatic N) is 4. The summed E-state index contributed by atoms with van der Waals surface area (Å²) in [5.41, 5.74) is 2.12. The summed E-state index contributed by atoms with van der Waals surface area (Å²) in [5, 5.41) is 9.29. The molecule has 1 heterocycles. The Morgan fingerprint density at radius 3 is 2.59 bits per heavy atom. The number of aryl methyl sites for hydroxylation is 1. The highest BCUT2D eigenvalue weighted by Gasteiger charge is 2.33. The highest BCUT2D eigenvalue weighted by atomic mass is 32.2. The fourth-order valence-corrected chi connectivity index (χ4v) is 4.49. The molecule has 7 nitrogen and oxygen atoms in total. The minimum atomic E-state index is 0.0919. The average molecular weight is 453 g/mol. The fraction of sp³-hybridized carbons (Fsp3) is 0.375. The molecule has 1 aromatic heterocycles. The second kappa shape index (κ2) is 10.1. The number of ether oxygens (including phenoxy) is 2. The first-order chi connectivity index (χ1) is 15.6. The zero-order valence-electron chi connectivity index (χ0n) is 18.7. The summed E-state index contributed by atoms with van der Waals surface area (Å²) in [6, 6.07) is 16.2. The predicted molar refractivity (Wildman–Crippen MR) is 124 cm³/mol. The lowest BCUT2D eigenvalue weighted by Crippen LogP contribution is -2.34. The Balaban J connectivity index is 1.45. The van der Waals surface area contributed by atoms with Gasteiger partial charge in [-0.25, -0.2) is 0 Å². The SMILES string of the molecule is COc1ccc(OC)c(CN(C(=O)CSc2nnc(C)n2Cc2ccccc2)C2CC2)c1. The molecule has 4 rings (SSSR count). The zero-order chi connectivity index (χ0) is 22.5. The molecule has 2 aromatic carbocycles. The van der Waals surface area contributed by atoms with Crippen LogP contribution in [0.1, 0.15) is 29.8 Å². The number of methoxy groups -OCH3 is 2. The molecule has 1 aliphatic carbocycles. The number of rotatable bonds is 10. The number of hydrogen-bond acceptors (Lipinski definition) is 6. The van der Waals surface area contributed by atoms with E-state index in [0.717, 1.165) is 40.9 Å². The largest absolute Gasteiger partial charge is 0.497 e. The van der Waals surface area contributed by atoms with Gasteiger partial charge in [-0.05, 0) is 43.5 Å². The van der Waals surface area contributed by atoms with Gasteiger partial charge in [-0.2, -0.15) is 0 Å². The molecular formula is C24H28N4O3S. The molecule has 1 fully saturated rings. The monoisotopic (exact) mass is 452 g/mol. The van der Waals surface area contributed by atoms with Crippen molar-refractivity contribution in [1.82, 2.24) is 19.7 Å². The first-order valence-corrected chi connectivity index (χ1v) is 11.6. The summed E-state index contributed by atoms with van der Waals surface area (Å²) in [6.45, 7) is 3.12. The summed E-state index contributed by atoms with van der Waals surface area (Å²) in [7, 11) is 3.28. The number of carbonyl (C=O) groups is 1. The van der Waals surface area contributed by atoms with Gasteiger partial charge in [0.25, 0.3) is 0 Å². The van der Waals surface area contributed by atoms with Gasteiger partial charge in [0.1, 0.15) is 17.3 Å². The molecule has 0 spiro atoms. The lowest BCUT2D eigenvalue weighted by Gasteiger charge is -2.24. The van der Waals surface area contributed by atoms with Gasteiger partial charge in [0.05, 0.1) is 26.5 Å². The van der Waals surface area contributed by atoms with Crippen molar-refractivity contribution in [2.75, 3.05) is 20.0 Å². The summed E-state index contributed by atoms with van der Waals surface area (Å²) >= 11 is 1.44. The Hall–Kier alpha value is -3.00. The first kappa shape index (κ1) is 22.2. The Morgan fingerprint density at radius 1 is 1.12 bits per heavy atom. The van der Waals surface area contributed by atoms with Gasteiger partial charge >= 0.3 is 0 Å². The van der Waals surface area contributed by atoms with Gasteiger partial charge in [-0.3, -0.25) is 4.79 Å². The Bertz CT molecular complexity index is 1070. The molecule has 0 aliphatic heterocycles. The van der Waals surface area contributed by atoms with Crippen LogP contribution in [0.4, 0.5) is 0 Å². The minimum absolute atomic E-state index is 0.0919. The van der Waals surface area contributed by atoms with Crippen molar-refractivity contribution in [3.63, 3.8) is 0 Å². The van der Waals surface area contributed by atoms with Crippen LogP contribution < -0.4 is 9.47 Å². The van der Waals surface area contributed by atoms with E-state index in [-0.39, 0.29) is 11.9 Å². The Labute approximate surface area is 192 Å². The maximum Gasteiger partial charge on any atom is 0.233 e. The van der Waals surface area contributed by atoms with Gasteiger partial charge in [-0.15, -0.1) is 10.2 Å². The van der Waals surface area contributed by atoms with Gasteiger partial charge in [0.2, 0.25) is 5.91 Å². The van der Waals surface area contributed by atoms with Crippen LogP contribution in [-0.2, 0) is 17.9 Å². The maximum atomic E-state index is 13.2. The molecule has 8 heteroatoms. The average Bonchev–Trinajstić information content (AvgIpc) is 3.61. The summed E-state index contributed by atoms with van der Waals surface area (Å²) in [5.74, 6) is 2.76. The minimum Gasteiger partial charge on any atom is -0.497 e. The van der Waals surface area contributed by atoms with E-state index in [9.17, 15) is 4.79 Å². The van der Waals surface area contributed by atoms with E-state index in [2.05, 4.69) is 26.9 Å². The smallest absolute Gasteiger partial charge is 0.233 e. The molecule has 1 saturated carbocycles. The summed E-state index contributed by atoms with van der Waals surface area (Å²) < 4.78 is 12.9. The molecule has 1 aliphatic rings. The molecule has 0 unspecified atom stereocenters. The molecule has 168 valence electrons. The molecule has 0 saturated heterocycles. The second-order valence-corrected chi connectivity index (χ2v) is 8.76. The van der Waals surface area contributed by atoms with Crippen LogP contribution in [-0.4, -0.2) is 51.6 Å². The van der Waals surface area contributed by atoms with Crippen molar-refractivity contribution in [2.24, 2.45) is 0 Å². The van der Waals surface area contributed by atoms with E-state index < -0.39 is 0 Å². The van der Waals surface area contributed by atoms with Crippen molar-refractivity contribution in [3.05, 3.63) is 65.5 Å². The quantitative estimate of drug-likeness (QED) is 0.434. The number of thioether (sulfide) groups is 1. The molecule has 0 radical (unpaired) electrons. The highest BCUT2D eigenvalue weighted by molar-refractivity contribution is 7.99. The molecule has 0 N–H and O–H groups in total. The lowest BCUT2D eigenvalue weighted by molar-refractivity contribution is -0.129. The van der Waals surface area contributed by atoms with E-state index in [0.29, 0.717) is 18.8 Å². The Morgan fingerprint density at radius 2 is 1.91 bits per heavy atom. The van der Waals surface area contributed by atoms with Crippen LogP contribution in [0, 0.1) is 6.92 Å². The highest BCUT2D eigenvalue weighted by Crippen LogP contribution is 2.33. The van der Waals surface area contributed by atoms with E-state index >= 15 is 0 Å².